The summed E-state index contributed by atoms with van der Waals surface area (Å²) in [6.07, 6.45) is 12.5. The lowest BCUT2D eigenvalue weighted by Crippen LogP contribution is -2.53. The lowest BCUT2D eigenvalue weighted by molar-refractivity contribution is -0.117. The minimum Gasteiger partial charge on any atom is -0.263 e. The van der Waals surface area contributed by atoms with Crippen LogP contribution in [0, 0.1) is 41.4 Å². The van der Waals surface area contributed by atoms with Crippen LogP contribution in [0.4, 0.5) is 0 Å². The highest BCUT2D eigenvalue weighted by Crippen LogP contribution is 2.66. The van der Waals surface area contributed by atoms with Gasteiger partial charge in [0.1, 0.15) is 0 Å². The molecule has 4 aliphatic carbocycles. The molecule has 166 valence electrons. The van der Waals surface area contributed by atoms with E-state index in [-0.39, 0.29) is 11.0 Å². The molecule has 0 N–H and O–H groups in total. The van der Waals surface area contributed by atoms with Crippen LogP contribution >= 0.6 is 0 Å². The van der Waals surface area contributed by atoms with Gasteiger partial charge >= 0.3 is 0 Å². The Labute approximate surface area is 183 Å². The Hall–Kier alpha value is -0.870. The molecule has 0 radical (unpaired) electrons. The second-order valence-corrected chi connectivity index (χ2v) is 13.1. The average Bonchev–Trinajstić information content (AvgIpc) is 3.10. The van der Waals surface area contributed by atoms with Gasteiger partial charge in [-0.3, -0.25) is 4.18 Å². The number of hydrogen-bond donors (Lipinski definition) is 0. The van der Waals surface area contributed by atoms with Crippen LogP contribution in [0.25, 0.3) is 0 Å². The molecule has 0 heterocycles. The molecule has 5 rings (SSSR count). The van der Waals surface area contributed by atoms with Gasteiger partial charge < -0.3 is 0 Å². The Morgan fingerprint density at radius 1 is 0.900 bits per heavy atom. The molecule has 0 aromatic heterocycles. The third-order valence-electron chi connectivity index (χ3n) is 9.97. The number of fused-ring (bicyclic) bond motifs is 5. The molecule has 1 aromatic carbocycles. The molecular weight excluding hydrogens is 392 g/mol. The predicted octanol–water partition coefficient (Wildman–Crippen LogP) is 6.50. The second-order valence-electron chi connectivity index (χ2n) is 11.5. The van der Waals surface area contributed by atoms with Crippen molar-refractivity contribution in [3.05, 3.63) is 29.8 Å². The van der Waals surface area contributed by atoms with Crippen molar-refractivity contribution < 1.29 is 12.6 Å². The van der Waals surface area contributed by atoms with Crippen LogP contribution in [0.2, 0.25) is 0 Å². The monoisotopic (exact) mass is 430 g/mol. The maximum atomic E-state index is 12.8. The standard InChI is InChI=1S/C26H38O3S/c1-18-6-9-21(10-7-18)30(27,28)29-20-12-16-26(3)19(17-20)8-11-22-23-5-4-14-25(23,2)15-13-24(22)26/h6-7,9-10,19-20,22-24H,4-5,8,11-17H2,1-3H3/t19-,20-,22+,23-,24+,25-,26+/m1/s1. The first kappa shape index (κ1) is 21.0. The molecule has 0 amide bonds. The number of hydrogen-bond acceptors (Lipinski definition) is 3. The van der Waals surface area contributed by atoms with E-state index in [4.69, 9.17) is 4.18 Å². The van der Waals surface area contributed by atoms with Crippen molar-refractivity contribution >= 4 is 10.1 Å². The Morgan fingerprint density at radius 3 is 2.43 bits per heavy atom. The van der Waals surface area contributed by atoms with E-state index in [1.165, 1.54) is 44.9 Å². The summed E-state index contributed by atoms with van der Waals surface area (Å²) in [5.41, 5.74) is 2.04. The van der Waals surface area contributed by atoms with Gasteiger partial charge in [-0.1, -0.05) is 38.0 Å². The van der Waals surface area contributed by atoms with E-state index in [9.17, 15) is 8.42 Å². The molecule has 7 atom stereocenters. The van der Waals surface area contributed by atoms with Crippen LogP contribution in [0.3, 0.4) is 0 Å². The predicted molar refractivity (Wildman–Crippen MR) is 120 cm³/mol. The van der Waals surface area contributed by atoms with Gasteiger partial charge in [0.25, 0.3) is 10.1 Å². The van der Waals surface area contributed by atoms with Crippen molar-refractivity contribution in [2.75, 3.05) is 0 Å². The van der Waals surface area contributed by atoms with Gasteiger partial charge in [0.2, 0.25) is 0 Å². The maximum absolute atomic E-state index is 12.8. The number of aryl methyl sites for hydroxylation is 1. The van der Waals surface area contributed by atoms with Crippen LogP contribution in [-0.4, -0.2) is 14.5 Å². The van der Waals surface area contributed by atoms with Crippen molar-refractivity contribution in [3.63, 3.8) is 0 Å². The molecule has 0 spiro atoms. The third-order valence-corrected chi connectivity index (χ3v) is 11.3. The minimum atomic E-state index is -3.68. The van der Waals surface area contributed by atoms with Crippen LogP contribution in [0.5, 0.6) is 0 Å². The molecule has 0 aliphatic heterocycles. The fourth-order valence-corrected chi connectivity index (χ4v) is 9.35. The van der Waals surface area contributed by atoms with Crippen molar-refractivity contribution in [1.29, 1.82) is 0 Å². The number of rotatable bonds is 3. The van der Waals surface area contributed by atoms with Gasteiger partial charge in [0, 0.05) is 0 Å². The van der Waals surface area contributed by atoms with Crippen molar-refractivity contribution in [3.8, 4) is 0 Å². The van der Waals surface area contributed by atoms with E-state index in [0.29, 0.717) is 16.7 Å². The maximum Gasteiger partial charge on any atom is 0.297 e. The summed E-state index contributed by atoms with van der Waals surface area (Å²) in [4.78, 5) is 0.290. The highest BCUT2D eigenvalue weighted by molar-refractivity contribution is 7.86. The second kappa shape index (κ2) is 7.33. The van der Waals surface area contributed by atoms with Crippen molar-refractivity contribution in [2.24, 2.45) is 34.5 Å². The van der Waals surface area contributed by atoms with Crippen LogP contribution in [0.15, 0.2) is 29.2 Å². The summed E-state index contributed by atoms with van der Waals surface area (Å²) in [6.45, 7) is 7.07. The van der Waals surface area contributed by atoms with Crippen molar-refractivity contribution in [2.45, 2.75) is 96.0 Å². The molecule has 4 saturated carbocycles. The van der Waals surface area contributed by atoms with E-state index in [1.54, 1.807) is 12.1 Å². The minimum absolute atomic E-state index is 0.161. The van der Waals surface area contributed by atoms with E-state index >= 15 is 0 Å². The van der Waals surface area contributed by atoms with Gasteiger partial charge in [-0.05, 0) is 111 Å². The van der Waals surface area contributed by atoms with Gasteiger partial charge in [-0.25, -0.2) is 0 Å². The summed E-state index contributed by atoms with van der Waals surface area (Å²) < 4.78 is 31.4. The molecule has 4 aliphatic rings. The van der Waals surface area contributed by atoms with E-state index in [1.807, 2.05) is 19.1 Å². The van der Waals surface area contributed by atoms with E-state index in [0.717, 1.165) is 42.6 Å². The lowest BCUT2D eigenvalue weighted by Gasteiger charge is -2.60. The van der Waals surface area contributed by atoms with Crippen LogP contribution in [0.1, 0.15) is 83.6 Å². The Bertz CT molecular complexity index is 891. The van der Waals surface area contributed by atoms with E-state index < -0.39 is 10.1 Å². The molecular formula is C26H38O3S. The molecule has 4 heteroatoms. The molecule has 0 bridgehead atoms. The molecule has 30 heavy (non-hydrogen) atoms. The first-order chi connectivity index (χ1) is 14.2. The summed E-state index contributed by atoms with van der Waals surface area (Å²) in [5, 5.41) is 0. The normalized spacial score (nSPS) is 43.5. The molecule has 3 nitrogen and oxygen atoms in total. The van der Waals surface area contributed by atoms with Gasteiger partial charge in [-0.15, -0.1) is 0 Å². The average molecular weight is 431 g/mol. The van der Waals surface area contributed by atoms with Crippen LogP contribution < -0.4 is 0 Å². The highest BCUT2D eigenvalue weighted by atomic mass is 32.2. The molecule has 0 saturated heterocycles. The Morgan fingerprint density at radius 2 is 1.67 bits per heavy atom. The molecule has 0 unspecified atom stereocenters. The zero-order valence-electron chi connectivity index (χ0n) is 18.9. The topological polar surface area (TPSA) is 43.4 Å². The van der Waals surface area contributed by atoms with Gasteiger partial charge in [0.15, 0.2) is 0 Å². The number of benzene rings is 1. The zero-order valence-corrected chi connectivity index (χ0v) is 19.7. The van der Waals surface area contributed by atoms with Gasteiger partial charge in [-0.2, -0.15) is 8.42 Å². The summed E-state index contributed by atoms with van der Waals surface area (Å²) in [7, 11) is -3.68. The first-order valence-corrected chi connectivity index (χ1v) is 13.6. The fraction of sp³-hybridized carbons (Fsp3) is 0.769. The smallest absolute Gasteiger partial charge is 0.263 e. The van der Waals surface area contributed by atoms with Crippen molar-refractivity contribution in [1.82, 2.24) is 0 Å². The quantitative estimate of drug-likeness (QED) is 0.514. The summed E-state index contributed by atoms with van der Waals surface area (Å²) in [5.74, 6) is 3.28. The Balaban J connectivity index is 1.30. The largest absolute Gasteiger partial charge is 0.297 e. The van der Waals surface area contributed by atoms with Gasteiger partial charge in [0.05, 0.1) is 11.0 Å². The fourth-order valence-electron chi connectivity index (χ4n) is 8.24. The highest BCUT2D eigenvalue weighted by Gasteiger charge is 2.58. The zero-order chi connectivity index (χ0) is 21.1. The lowest BCUT2D eigenvalue weighted by atomic mass is 9.45. The van der Waals surface area contributed by atoms with Crippen LogP contribution in [-0.2, 0) is 14.3 Å². The first-order valence-electron chi connectivity index (χ1n) is 12.2. The SMILES string of the molecule is Cc1ccc(S(=O)(=O)O[C@@H]2CC[C@@]3(C)[C@H](CC[C@H]4[C@H]5CCC[C@]5(C)CC[C@@H]43)C2)cc1. The summed E-state index contributed by atoms with van der Waals surface area (Å²) in [6, 6.07) is 7.03. The molecule has 1 aromatic rings. The molecule has 4 fully saturated rings. The third kappa shape index (κ3) is 3.37. The van der Waals surface area contributed by atoms with E-state index in [2.05, 4.69) is 13.8 Å². The summed E-state index contributed by atoms with van der Waals surface area (Å²) >= 11 is 0. The Kier molecular flexibility index (Phi) is 5.13.